The summed E-state index contributed by atoms with van der Waals surface area (Å²) in [7, 11) is 0. The van der Waals surface area contributed by atoms with E-state index >= 15 is 0 Å². The molecule has 1 unspecified atom stereocenters. The van der Waals surface area contributed by atoms with Crippen LogP contribution >= 0.6 is 0 Å². The summed E-state index contributed by atoms with van der Waals surface area (Å²) in [6.07, 6.45) is 4.15. The molecule has 1 N–H and O–H groups in total. The molecule has 3 rings (SSSR count). The number of aromatic nitrogens is 3. The van der Waals surface area contributed by atoms with Crippen LogP contribution in [0.5, 0.6) is 0 Å². The molecule has 88 valence electrons. The number of carbonyl (C=O) groups is 1. The minimum atomic E-state index is -0.814. The van der Waals surface area contributed by atoms with Crippen LogP contribution in [0.25, 0.3) is 5.65 Å². The Morgan fingerprint density at radius 1 is 1.47 bits per heavy atom. The van der Waals surface area contributed by atoms with Crippen LogP contribution in [0.1, 0.15) is 43.0 Å². The molecule has 0 bridgehead atoms. The number of fused-ring (bicyclic) bond motifs is 1. The van der Waals surface area contributed by atoms with E-state index in [4.69, 9.17) is 5.11 Å². The Morgan fingerprint density at radius 2 is 2.24 bits per heavy atom. The highest BCUT2D eigenvalue weighted by Gasteiger charge is 2.28. The van der Waals surface area contributed by atoms with E-state index in [1.165, 1.54) is 0 Å². The quantitative estimate of drug-likeness (QED) is 0.874. The van der Waals surface area contributed by atoms with Gasteiger partial charge in [0.25, 0.3) is 0 Å². The van der Waals surface area contributed by atoms with E-state index in [9.17, 15) is 4.79 Å². The van der Waals surface area contributed by atoms with E-state index in [-0.39, 0.29) is 0 Å². The van der Waals surface area contributed by atoms with Gasteiger partial charge in [-0.25, -0.2) is 0 Å². The van der Waals surface area contributed by atoms with Gasteiger partial charge in [0.1, 0.15) is 5.82 Å². The van der Waals surface area contributed by atoms with E-state index < -0.39 is 11.9 Å². The molecule has 5 heteroatoms. The summed E-state index contributed by atoms with van der Waals surface area (Å²) in [6.45, 7) is 1.69. The molecular formula is C12H13N3O2. The molecule has 1 aliphatic carbocycles. The first kappa shape index (κ1) is 10.3. The van der Waals surface area contributed by atoms with Crippen molar-refractivity contribution < 1.29 is 9.90 Å². The molecule has 1 aliphatic rings. The predicted octanol–water partition coefficient (Wildman–Crippen LogP) is 1.79. The molecule has 17 heavy (non-hydrogen) atoms. The first-order chi connectivity index (χ1) is 8.16. The highest BCUT2D eigenvalue weighted by atomic mass is 16.4. The van der Waals surface area contributed by atoms with Crippen LogP contribution < -0.4 is 0 Å². The van der Waals surface area contributed by atoms with E-state index in [1.807, 2.05) is 16.7 Å². The number of carboxylic acids is 1. The molecule has 1 saturated carbocycles. The van der Waals surface area contributed by atoms with Gasteiger partial charge < -0.3 is 5.11 Å². The third-order valence-corrected chi connectivity index (χ3v) is 3.26. The zero-order valence-electron chi connectivity index (χ0n) is 9.50. The molecule has 0 spiro atoms. The van der Waals surface area contributed by atoms with Gasteiger partial charge in [-0.05, 0) is 31.4 Å². The van der Waals surface area contributed by atoms with Gasteiger partial charge in [0.2, 0.25) is 0 Å². The van der Waals surface area contributed by atoms with Crippen LogP contribution in [0.4, 0.5) is 0 Å². The molecule has 0 aromatic carbocycles. The molecule has 1 fully saturated rings. The first-order valence-electron chi connectivity index (χ1n) is 5.74. The second kappa shape index (κ2) is 3.55. The number of aliphatic carboxylic acids is 1. The molecule has 0 radical (unpaired) electrons. The van der Waals surface area contributed by atoms with Crippen LogP contribution in [0.3, 0.4) is 0 Å². The Bertz CT molecular complexity index is 586. The smallest absolute Gasteiger partial charge is 0.310 e. The maximum atomic E-state index is 11.0. The molecule has 1 atom stereocenters. The van der Waals surface area contributed by atoms with Gasteiger partial charge in [0, 0.05) is 12.1 Å². The highest BCUT2D eigenvalue weighted by molar-refractivity contribution is 5.75. The average Bonchev–Trinajstić information content (AvgIpc) is 3.07. The summed E-state index contributed by atoms with van der Waals surface area (Å²) in [4.78, 5) is 11.0. The fourth-order valence-electron chi connectivity index (χ4n) is 1.94. The second-order valence-corrected chi connectivity index (χ2v) is 4.58. The van der Waals surface area contributed by atoms with Crippen molar-refractivity contribution in [1.29, 1.82) is 0 Å². The van der Waals surface area contributed by atoms with Gasteiger partial charge in [-0.15, -0.1) is 10.2 Å². The number of carboxylic acid groups (broad SMARTS) is 1. The zero-order chi connectivity index (χ0) is 12.0. The van der Waals surface area contributed by atoms with Crippen molar-refractivity contribution in [2.24, 2.45) is 0 Å². The largest absolute Gasteiger partial charge is 0.481 e. The monoisotopic (exact) mass is 231 g/mol. The van der Waals surface area contributed by atoms with E-state index in [0.717, 1.165) is 29.9 Å². The number of pyridine rings is 1. The van der Waals surface area contributed by atoms with Crippen LogP contribution in [0, 0.1) is 0 Å². The molecule has 2 aromatic rings. The van der Waals surface area contributed by atoms with Gasteiger partial charge in [0.15, 0.2) is 5.65 Å². The lowest BCUT2D eigenvalue weighted by Gasteiger charge is -2.07. The maximum Gasteiger partial charge on any atom is 0.310 e. The van der Waals surface area contributed by atoms with Gasteiger partial charge >= 0.3 is 5.97 Å². The minimum Gasteiger partial charge on any atom is -0.481 e. The second-order valence-electron chi connectivity index (χ2n) is 4.58. The maximum absolute atomic E-state index is 11.0. The number of nitrogens with zero attached hydrogens (tertiary/aromatic N) is 3. The topological polar surface area (TPSA) is 67.5 Å². The molecule has 2 heterocycles. The molecule has 5 nitrogen and oxygen atoms in total. The Hall–Kier alpha value is -1.91. The minimum absolute atomic E-state index is 0.500. The fraction of sp³-hybridized carbons (Fsp3) is 0.417. The van der Waals surface area contributed by atoms with Crippen molar-refractivity contribution in [3.8, 4) is 0 Å². The number of rotatable bonds is 3. The SMILES string of the molecule is CC(C(=O)O)c1ccc2nnc(C3CC3)n2c1. The molecular weight excluding hydrogens is 218 g/mol. The lowest BCUT2D eigenvalue weighted by Crippen LogP contribution is -2.08. The summed E-state index contributed by atoms with van der Waals surface area (Å²) in [5.41, 5.74) is 1.57. The Labute approximate surface area is 98.1 Å². The molecule has 0 saturated heterocycles. The molecule has 0 aliphatic heterocycles. The van der Waals surface area contributed by atoms with Crippen molar-refractivity contribution in [2.75, 3.05) is 0 Å². The summed E-state index contributed by atoms with van der Waals surface area (Å²) in [5.74, 6) is 0.138. The van der Waals surface area contributed by atoms with Crippen LogP contribution in [-0.4, -0.2) is 25.7 Å². The average molecular weight is 231 g/mol. The van der Waals surface area contributed by atoms with Crippen LogP contribution in [0.2, 0.25) is 0 Å². The van der Waals surface area contributed by atoms with Gasteiger partial charge in [0.05, 0.1) is 5.92 Å². The standard InChI is InChI=1S/C12H13N3O2/c1-7(12(16)17)9-4-5-10-13-14-11(8-2-3-8)15(10)6-9/h4-8H,2-3H2,1H3,(H,16,17). The van der Waals surface area contributed by atoms with Gasteiger partial charge in [-0.2, -0.15) is 0 Å². The normalized spacial score (nSPS) is 17.2. The predicted molar refractivity (Wildman–Crippen MR) is 61.0 cm³/mol. The van der Waals surface area contributed by atoms with Crippen molar-refractivity contribution in [1.82, 2.24) is 14.6 Å². The van der Waals surface area contributed by atoms with E-state index in [0.29, 0.717) is 5.92 Å². The third-order valence-electron chi connectivity index (χ3n) is 3.26. The van der Waals surface area contributed by atoms with E-state index in [2.05, 4.69) is 10.2 Å². The summed E-state index contributed by atoms with van der Waals surface area (Å²) < 4.78 is 1.92. The fourth-order valence-corrected chi connectivity index (χ4v) is 1.94. The van der Waals surface area contributed by atoms with Crippen molar-refractivity contribution >= 4 is 11.6 Å². The Morgan fingerprint density at radius 3 is 2.88 bits per heavy atom. The van der Waals surface area contributed by atoms with Crippen LogP contribution in [-0.2, 0) is 4.79 Å². The van der Waals surface area contributed by atoms with Gasteiger partial charge in [-0.3, -0.25) is 9.20 Å². The lowest BCUT2D eigenvalue weighted by atomic mass is 10.0. The molecule has 2 aromatic heterocycles. The van der Waals surface area contributed by atoms with Crippen molar-refractivity contribution in [3.63, 3.8) is 0 Å². The van der Waals surface area contributed by atoms with Gasteiger partial charge in [-0.1, -0.05) is 6.07 Å². The third kappa shape index (κ3) is 1.67. The number of hydrogen-bond acceptors (Lipinski definition) is 3. The van der Waals surface area contributed by atoms with Crippen LogP contribution in [0.15, 0.2) is 18.3 Å². The number of hydrogen-bond donors (Lipinski definition) is 1. The van der Waals surface area contributed by atoms with Crippen molar-refractivity contribution in [3.05, 3.63) is 29.7 Å². The zero-order valence-corrected chi connectivity index (χ0v) is 9.50. The highest BCUT2D eigenvalue weighted by Crippen LogP contribution is 2.39. The first-order valence-corrected chi connectivity index (χ1v) is 5.74. The molecule has 0 amide bonds. The summed E-state index contributed by atoms with van der Waals surface area (Å²) in [6, 6.07) is 3.63. The Kier molecular flexibility index (Phi) is 2.14. The summed E-state index contributed by atoms with van der Waals surface area (Å²) in [5, 5.41) is 17.3. The summed E-state index contributed by atoms with van der Waals surface area (Å²) >= 11 is 0. The Balaban J connectivity index is 2.09. The van der Waals surface area contributed by atoms with E-state index in [1.54, 1.807) is 13.0 Å². The lowest BCUT2D eigenvalue weighted by molar-refractivity contribution is -0.138. The van der Waals surface area contributed by atoms with Crippen molar-refractivity contribution in [2.45, 2.75) is 31.6 Å².